The molecule has 3 rings (SSSR count). The van der Waals surface area contributed by atoms with Gasteiger partial charge < -0.3 is 8.85 Å². The Morgan fingerprint density at radius 2 is 0.941 bits per heavy atom. The van der Waals surface area contributed by atoms with Crippen LogP contribution in [-0.4, -0.2) is 45.2 Å². The fourth-order valence-corrected chi connectivity index (χ4v) is 7.93. The standard InChI is InChI=1S/C27H36O5Si2/c1-26(2,31-33(5,6)7)24(29)17-11-13-19-20-14-12-18(16-22(20)23(28)21(19)15-17)25(30)27(3,4)32-34(8,9)10/h11-16H,1-10H3. The highest BCUT2D eigenvalue weighted by molar-refractivity contribution is 6.70. The lowest BCUT2D eigenvalue weighted by atomic mass is 9.93. The summed E-state index contributed by atoms with van der Waals surface area (Å²) < 4.78 is 12.2. The third kappa shape index (κ3) is 5.38. The third-order valence-electron chi connectivity index (χ3n) is 5.56. The molecular weight excluding hydrogens is 460 g/mol. The van der Waals surface area contributed by atoms with Gasteiger partial charge in [0, 0.05) is 22.3 Å². The molecule has 0 aliphatic heterocycles. The number of ketones is 3. The van der Waals surface area contributed by atoms with Crippen LogP contribution in [0.3, 0.4) is 0 Å². The molecule has 5 nitrogen and oxygen atoms in total. The molecule has 0 unspecified atom stereocenters. The number of carbonyl (C=O) groups excluding carboxylic acids is 3. The van der Waals surface area contributed by atoms with Crippen molar-refractivity contribution in [3.05, 3.63) is 58.7 Å². The predicted molar refractivity (Wildman–Crippen MR) is 141 cm³/mol. The summed E-state index contributed by atoms with van der Waals surface area (Å²) in [5.74, 6) is -0.479. The minimum atomic E-state index is -1.95. The molecule has 182 valence electrons. The number of Topliss-reactive ketones (excluding diaryl/α,β-unsaturated/α-hetero) is 2. The molecule has 2 aromatic rings. The predicted octanol–water partition coefficient (Wildman–Crippen LogP) is 6.52. The molecule has 0 bridgehead atoms. The maximum atomic E-state index is 13.3. The van der Waals surface area contributed by atoms with Gasteiger partial charge in [-0.1, -0.05) is 24.3 Å². The van der Waals surface area contributed by atoms with E-state index in [1.54, 1.807) is 52.0 Å². The summed E-state index contributed by atoms with van der Waals surface area (Å²) in [4.78, 5) is 39.8. The van der Waals surface area contributed by atoms with Crippen LogP contribution in [0.2, 0.25) is 39.3 Å². The van der Waals surface area contributed by atoms with Crippen LogP contribution in [0.4, 0.5) is 0 Å². The van der Waals surface area contributed by atoms with Crippen LogP contribution in [0.15, 0.2) is 36.4 Å². The zero-order valence-corrected chi connectivity index (χ0v) is 24.0. The van der Waals surface area contributed by atoms with Gasteiger partial charge in [0.25, 0.3) is 0 Å². The Hall–Kier alpha value is -2.20. The number of rotatable bonds is 8. The van der Waals surface area contributed by atoms with Gasteiger partial charge in [-0.2, -0.15) is 0 Å². The van der Waals surface area contributed by atoms with Crippen LogP contribution >= 0.6 is 0 Å². The van der Waals surface area contributed by atoms with E-state index in [0.29, 0.717) is 22.3 Å². The maximum absolute atomic E-state index is 13.3. The average Bonchev–Trinajstić information content (AvgIpc) is 2.94. The first-order valence-corrected chi connectivity index (χ1v) is 18.5. The van der Waals surface area contributed by atoms with Gasteiger partial charge >= 0.3 is 0 Å². The van der Waals surface area contributed by atoms with E-state index in [1.807, 2.05) is 51.4 Å². The lowest BCUT2D eigenvalue weighted by molar-refractivity contribution is 0.0557. The molecule has 2 aromatic carbocycles. The monoisotopic (exact) mass is 496 g/mol. The van der Waals surface area contributed by atoms with Gasteiger partial charge in [-0.3, -0.25) is 14.4 Å². The SMILES string of the molecule is CC(C)(O[Si](C)(C)C)C(=O)c1ccc2c(c1)C(=O)c1cc(C(=O)C(C)(C)O[Si](C)(C)C)ccc1-2. The quantitative estimate of drug-likeness (QED) is 0.262. The molecule has 0 atom stereocenters. The highest BCUT2D eigenvalue weighted by Crippen LogP contribution is 2.39. The Kier molecular flexibility index (Phi) is 6.59. The van der Waals surface area contributed by atoms with Gasteiger partial charge in [-0.25, -0.2) is 0 Å². The highest BCUT2D eigenvalue weighted by atomic mass is 28.4. The number of benzene rings is 2. The smallest absolute Gasteiger partial charge is 0.194 e. The van der Waals surface area contributed by atoms with Crippen molar-refractivity contribution in [1.29, 1.82) is 0 Å². The largest absolute Gasteiger partial charge is 0.405 e. The Morgan fingerprint density at radius 1 is 0.618 bits per heavy atom. The topological polar surface area (TPSA) is 69.7 Å². The average molecular weight is 497 g/mol. The molecule has 0 heterocycles. The minimum absolute atomic E-state index is 0.150. The van der Waals surface area contributed by atoms with Crippen molar-refractivity contribution in [2.75, 3.05) is 0 Å². The van der Waals surface area contributed by atoms with E-state index in [4.69, 9.17) is 8.85 Å². The Bertz CT molecular complexity index is 1090. The van der Waals surface area contributed by atoms with E-state index >= 15 is 0 Å². The molecule has 0 radical (unpaired) electrons. The van der Waals surface area contributed by atoms with Gasteiger partial charge in [0.1, 0.15) is 11.2 Å². The lowest BCUT2D eigenvalue weighted by Gasteiger charge is -2.31. The molecule has 0 saturated carbocycles. The molecule has 0 saturated heterocycles. The summed E-state index contributed by atoms with van der Waals surface area (Å²) in [6, 6.07) is 10.5. The first-order valence-electron chi connectivity index (χ1n) is 11.7. The summed E-state index contributed by atoms with van der Waals surface area (Å²) in [7, 11) is -3.90. The van der Waals surface area contributed by atoms with Crippen LogP contribution in [0.1, 0.15) is 64.3 Å². The van der Waals surface area contributed by atoms with Crippen LogP contribution in [-0.2, 0) is 8.85 Å². The Labute approximate surface area is 205 Å². The normalized spacial score (nSPS) is 14.1. The first kappa shape index (κ1) is 26.4. The molecule has 0 aromatic heterocycles. The van der Waals surface area contributed by atoms with Crippen molar-refractivity contribution in [3.63, 3.8) is 0 Å². The van der Waals surface area contributed by atoms with Crippen molar-refractivity contribution in [2.45, 2.75) is 78.2 Å². The summed E-state index contributed by atoms with van der Waals surface area (Å²) in [6.07, 6.45) is 0. The van der Waals surface area contributed by atoms with Gasteiger partial charge in [0.05, 0.1) is 0 Å². The molecular formula is C27H36O5Si2. The zero-order valence-electron chi connectivity index (χ0n) is 22.0. The molecule has 0 spiro atoms. The van der Waals surface area contributed by atoms with Gasteiger partial charge in [0.2, 0.25) is 0 Å². The van der Waals surface area contributed by atoms with E-state index in [9.17, 15) is 14.4 Å². The number of hydrogen-bond acceptors (Lipinski definition) is 5. The van der Waals surface area contributed by atoms with Crippen molar-refractivity contribution in [2.24, 2.45) is 0 Å². The van der Waals surface area contributed by atoms with E-state index < -0.39 is 27.8 Å². The summed E-state index contributed by atoms with van der Waals surface area (Å²) in [6.45, 7) is 19.4. The second kappa shape index (κ2) is 8.48. The van der Waals surface area contributed by atoms with Crippen LogP contribution < -0.4 is 0 Å². The molecule has 1 aliphatic carbocycles. The van der Waals surface area contributed by atoms with E-state index in [1.165, 1.54) is 0 Å². The number of carbonyl (C=O) groups is 3. The molecule has 1 aliphatic rings. The zero-order chi connectivity index (χ0) is 25.9. The molecule has 7 heteroatoms. The van der Waals surface area contributed by atoms with Gasteiger partial charge in [-0.05, 0) is 90.2 Å². The third-order valence-corrected chi connectivity index (χ3v) is 7.80. The molecule has 0 N–H and O–H groups in total. The molecule has 0 amide bonds. The van der Waals surface area contributed by atoms with Gasteiger partial charge in [0.15, 0.2) is 34.0 Å². The second-order valence-corrected chi connectivity index (χ2v) is 20.8. The highest BCUT2D eigenvalue weighted by Gasteiger charge is 2.38. The van der Waals surface area contributed by atoms with Crippen molar-refractivity contribution < 1.29 is 23.2 Å². The second-order valence-electron chi connectivity index (χ2n) is 12.0. The van der Waals surface area contributed by atoms with Gasteiger partial charge in [-0.15, -0.1) is 0 Å². The Balaban J connectivity index is 1.95. The minimum Gasteiger partial charge on any atom is -0.405 e. The lowest BCUT2D eigenvalue weighted by Crippen LogP contribution is -2.44. The van der Waals surface area contributed by atoms with Crippen molar-refractivity contribution >= 4 is 34.0 Å². The van der Waals surface area contributed by atoms with Crippen LogP contribution in [0.5, 0.6) is 0 Å². The number of fused-ring (bicyclic) bond motifs is 3. The first-order chi connectivity index (χ1) is 15.3. The van der Waals surface area contributed by atoms with E-state index in [0.717, 1.165) is 11.1 Å². The fraction of sp³-hybridized carbons (Fsp3) is 0.444. The molecule has 34 heavy (non-hydrogen) atoms. The van der Waals surface area contributed by atoms with Crippen molar-refractivity contribution in [1.82, 2.24) is 0 Å². The van der Waals surface area contributed by atoms with Crippen LogP contribution in [0.25, 0.3) is 11.1 Å². The van der Waals surface area contributed by atoms with Crippen LogP contribution in [0, 0.1) is 0 Å². The Morgan fingerprint density at radius 3 is 1.24 bits per heavy atom. The number of hydrogen-bond donors (Lipinski definition) is 0. The van der Waals surface area contributed by atoms with Crippen molar-refractivity contribution in [3.8, 4) is 11.1 Å². The summed E-state index contributed by atoms with van der Waals surface area (Å²) in [5.41, 5.74) is 1.45. The van der Waals surface area contributed by atoms with E-state index in [-0.39, 0.29) is 17.3 Å². The summed E-state index contributed by atoms with van der Waals surface area (Å²) >= 11 is 0. The van der Waals surface area contributed by atoms with E-state index in [2.05, 4.69) is 0 Å². The summed E-state index contributed by atoms with van der Waals surface area (Å²) in [5, 5.41) is 0. The maximum Gasteiger partial charge on any atom is 0.194 e. The molecule has 0 fully saturated rings. The fourth-order valence-electron chi connectivity index (χ4n) is 4.68.